The van der Waals surface area contributed by atoms with Gasteiger partial charge in [-0.05, 0) is 35.7 Å². The van der Waals surface area contributed by atoms with Crippen LogP contribution in [0.3, 0.4) is 0 Å². The Labute approximate surface area is 158 Å². The first kappa shape index (κ1) is 18.2. The molecule has 0 saturated heterocycles. The minimum absolute atomic E-state index is 0.414. The molecule has 0 aliphatic heterocycles. The van der Waals surface area contributed by atoms with E-state index in [0.29, 0.717) is 11.4 Å². The summed E-state index contributed by atoms with van der Waals surface area (Å²) < 4.78 is 0. The number of hydrogen-bond donors (Lipinski definition) is 3. The van der Waals surface area contributed by atoms with E-state index in [4.69, 9.17) is 5.73 Å². The first-order valence-corrected chi connectivity index (χ1v) is 8.62. The molecule has 0 aliphatic rings. The highest BCUT2D eigenvalue weighted by molar-refractivity contribution is 6.40. The van der Waals surface area contributed by atoms with Gasteiger partial charge in [-0.3, -0.25) is 9.59 Å². The number of amides is 2. The van der Waals surface area contributed by atoms with Crippen molar-refractivity contribution < 1.29 is 9.59 Å². The molecule has 3 aromatic carbocycles. The van der Waals surface area contributed by atoms with E-state index in [9.17, 15) is 9.59 Å². The Morgan fingerprint density at radius 3 is 1.89 bits per heavy atom. The van der Waals surface area contributed by atoms with E-state index in [-0.39, 0.29) is 0 Å². The molecule has 0 saturated carbocycles. The Kier molecular flexibility index (Phi) is 5.52. The van der Waals surface area contributed by atoms with Crippen LogP contribution in [0.4, 0.5) is 11.4 Å². The van der Waals surface area contributed by atoms with Gasteiger partial charge in [0.2, 0.25) is 0 Å². The number of carbonyl (C=O) groups is 2. The minimum Gasteiger partial charge on any atom is -0.397 e. The van der Waals surface area contributed by atoms with Crippen molar-refractivity contribution in [3.05, 3.63) is 95.6 Å². The molecule has 0 bridgehead atoms. The average Bonchev–Trinajstić information content (AvgIpc) is 2.69. The number of nitrogens with two attached hydrogens (primary N) is 1. The van der Waals surface area contributed by atoms with Gasteiger partial charge in [-0.1, -0.05) is 66.7 Å². The number of aryl methyl sites for hydroxylation is 1. The van der Waals surface area contributed by atoms with Gasteiger partial charge in [0.1, 0.15) is 0 Å². The molecule has 136 valence electrons. The molecule has 0 atom stereocenters. The molecule has 3 rings (SSSR count). The van der Waals surface area contributed by atoms with Gasteiger partial charge in [0.05, 0.1) is 17.4 Å². The van der Waals surface area contributed by atoms with Gasteiger partial charge in [-0.2, -0.15) is 0 Å². The molecule has 0 heterocycles. The lowest BCUT2D eigenvalue weighted by Gasteiger charge is -2.19. The summed E-state index contributed by atoms with van der Waals surface area (Å²) in [6.07, 6.45) is 0. The van der Waals surface area contributed by atoms with Gasteiger partial charge in [0, 0.05) is 0 Å². The number of nitrogen functional groups attached to an aromatic ring is 1. The number of carbonyl (C=O) groups excluding carboxylic acids is 2. The molecule has 0 radical (unpaired) electrons. The first-order valence-electron chi connectivity index (χ1n) is 8.62. The molecule has 0 unspecified atom stereocenters. The van der Waals surface area contributed by atoms with Crippen LogP contribution in [-0.2, 0) is 9.59 Å². The van der Waals surface area contributed by atoms with Crippen LogP contribution < -0.4 is 16.4 Å². The molecule has 0 aliphatic carbocycles. The summed E-state index contributed by atoms with van der Waals surface area (Å²) in [7, 11) is 0. The van der Waals surface area contributed by atoms with Crippen LogP contribution in [0.15, 0.2) is 78.9 Å². The molecule has 0 fully saturated rings. The molecule has 2 amide bonds. The van der Waals surface area contributed by atoms with Gasteiger partial charge in [-0.15, -0.1) is 0 Å². The Balaban J connectivity index is 1.79. The first-order chi connectivity index (χ1) is 13.0. The zero-order chi connectivity index (χ0) is 19.2. The summed E-state index contributed by atoms with van der Waals surface area (Å²) in [4.78, 5) is 24.9. The summed E-state index contributed by atoms with van der Waals surface area (Å²) in [6.45, 7) is 1.90. The maximum atomic E-state index is 12.5. The largest absolute Gasteiger partial charge is 0.397 e. The fourth-order valence-corrected chi connectivity index (χ4v) is 2.82. The van der Waals surface area contributed by atoms with Gasteiger partial charge < -0.3 is 16.4 Å². The van der Waals surface area contributed by atoms with Crippen LogP contribution in [0.2, 0.25) is 0 Å². The quantitative estimate of drug-likeness (QED) is 0.493. The van der Waals surface area contributed by atoms with Crippen LogP contribution in [0, 0.1) is 6.92 Å². The van der Waals surface area contributed by atoms with Crippen molar-refractivity contribution in [3.8, 4) is 0 Å². The highest BCUT2D eigenvalue weighted by Crippen LogP contribution is 2.22. The number of nitrogens with one attached hydrogen (secondary N) is 2. The molecule has 4 N–H and O–H groups in total. The fourth-order valence-electron chi connectivity index (χ4n) is 2.82. The number of anilines is 2. The van der Waals surface area contributed by atoms with Crippen molar-refractivity contribution in [2.24, 2.45) is 0 Å². The second-order valence-corrected chi connectivity index (χ2v) is 6.27. The predicted octanol–water partition coefficient (Wildman–Crippen LogP) is 3.42. The molecular formula is C22H21N3O2. The summed E-state index contributed by atoms with van der Waals surface area (Å²) in [6, 6.07) is 23.8. The summed E-state index contributed by atoms with van der Waals surface area (Å²) in [5.41, 5.74) is 9.49. The maximum absolute atomic E-state index is 12.5. The van der Waals surface area contributed by atoms with Crippen molar-refractivity contribution in [3.63, 3.8) is 0 Å². The Bertz CT molecular complexity index is 901. The molecule has 3 aromatic rings. The standard InChI is InChI=1S/C22H21N3O2/c1-15-12-13-19(18(23)14-15)24-21(26)22(27)25-20(16-8-4-2-5-9-16)17-10-6-3-7-11-17/h2-14,20H,23H2,1H3,(H,24,26)(H,25,27). The average molecular weight is 359 g/mol. The van der Waals surface area contributed by atoms with Gasteiger partial charge in [-0.25, -0.2) is 0 Å². The highest BCUT2D eigenvalue weighted by atomic mass is 16.2. The Morgan fingerprint density at radius 1 is 0.815 bits per heavy atom. The Hall–Kier alpha value is -3.60. The number of hydrogen-bond acceptors (Lipinski definition) is 3. The predicted molar refractivity (Wildman–Crippen MR) is 107 cm³/mol. The third kappa shape index (κ3) is 4.52. The lowest BCUT2D eigenvalue weighted by atomic mass is 9.98. The van der Waals surface area contributed by atoms with Crippen molar-refractivity contribution in [2.75, 3.05) is 11.1 Å². The summed E-state index contributed by atoms with van der Waals surface area (Å²) >= 11 is 0. The van der Waals surface area contributed by atoms with Crippen molar-refractivity contribution in [1.82, 2.24) is 5.32 Å². The normalized spacial score (nSPS) is 10.4. The van der Waals surface area contributed by atoms with Crippen molar-refractivity contribution in [2.45, 2.75) is 13.0 Å². The van der Waals surface area contributed by atoms with E-state index in [1.54, 1.807) is 12.1 Å². The lowest BCUT2D eigenvalue weighted by molar-refractivity contribution is -0.136. The highest BCUT2D eigenvalue weighted by Gasteiger charge is 2.21. The maximum Gasteiger partial charge on any atom is 0.313 e. The molecule has 5 nitrogen and oxygen atoms in total. The van der Waals surface area contributed by atoms with E-state index in [0.717, 1.165) is 16.7 Å². The number of rotatable bonds is 4. The van der Waals surface area contributed by atoms with E-state index < -0.39 is 17.9 Å². The van der Waals surface area contributed by atoms with E-state index in [1.165, 1.54) is 0 Å². The van der Waals surface area contributed by atoms with Crippen LogP contribution in [-0.4, -0.2) is 11.8 Å². The third-order valence-electron chi connectivity index (χ3n) is 4.20. The molecule has 0 spiro atoms. The zero-order valence-electron chi connectivity index (χ0n) is 15.0. The second kappa shape index (κ2) is 8.19. The molecular weight excluding hydrogens is 338 g/mol. The molecule has 27 heavy (non-hydrogen) atoms. The van der Waals surface area contributed by atoms with E-state index >= 15 is 0 Å². The Morgan fingerprint density at radius 2 is 1.37 bits per heavy atom. The lowest BCUT2D eigenvalue weighted by Crippen LogP contribution is -2.38. The smallest absolute Gasteiger partial charge is 0.313 e. The summed E-state index contributed by atoms with van der Waals surface area (Å²) in [5.74, 6) is -1.49. The van der Waals surface area contributed by atoms with Gasteiger partial charge in [0.25, 0.3) is 0 Å². The van der Waals surface area contributed by atoms with E-state index in [1.807, 2.05) is 73.7 Å². The van der Waals surface area contributed by atoms with Crippen LogP contribution >= 0.6 is 0 Å². The third-order valence-corrected chi connectivity index (χ3v) is 4.20. The van der Waals surface area contributed by atoms with Crippen molar-refractivity contribution in [1.29, 1.82) is 0 Å². The molecule has 0 aromatic heterocycles. The van der Waals surface area contributed by atoms with Crippen molar-refractivity contribution >= 4 is 23.2 Å². The SMILES string of the molecule is Cc1ccc(NC(=O)C(=O)NC(c2ccccc2)c2ccccc2)c(N)c1. The zero-order valence-corrected chi connectivity index (χ0v) is 15.0. The topological polar surface area (TPSA) is 84.2 Å². The van der Waals surface area contributed by atoms with E-state index in [2.05, 4.69) is 10.6 Å². The van der Waals surface area contributed by atoms with Crippen LogP contribution in [0.25, 0.3) is 0 Å². The fraction of sp³-hybridized carbons (Fsp3) is 0.0909. The molecule has 5 heteroatoms. The van der Waals surface area contributed by atoms with Crippen LogP contribution in [0.1, 0.15) is 22.7 Å². The monoisotopic (exact) mass is 359 g/mol. The minimum atomic E-state index is -0.762. The van der Waals surface area contributed by atoms with Crippen LogP contribution in [0.5, 0.6) is 0 Å². The summed E-state index contributed by atoms with van der Waals surface area (Å²) in [5, 5.41) is 5.38. The number of benzene rings is 3. The van der Waals surface area contributed by atoms with Gasteiger partial charge in [0.15, 0.2) is 0 Å². The van der Waals surface area contributed by atoms with Gasteiger partial charge >= 0.3 is 11.8 Å². The second-order valence-electron chi connectivity index (χ2n) is 6.27.